The molecular weight excluding hydrogens is 320 g/mol. The number of aromatic nitrogens is 1. The highest BCUT2D eigenvalue weighted by Crippen LogP contribution is 2.21. The van der Waals surface area contributed by atoms with Gasteiger partial charge in [0.15, 0.2) is 11.6 Å². The molecule has 3 N–H and O–H groups in total. The number of nitrogens with one attached hydrogen (secondary N) is 1. The second-order valence-corrected chi connectivity index (χ2v) is 4.55. The fourth-order valence-electron chi connectivity index (χ4n) is 1.42. The lowest BCUT2D eigenvalue weighted by Crippen LogP contribution is -2.16. The fourth-order valence-corrected chi connectivity index (χ4v) is 1.75. The highest BCUT2D eigenvalue weighted by molar-refractivity contribution is 9.10. The maximum atomic E-state index is 13.6. The zero-order valence-electron chi connectivity index (χ0n) is 9.45. The van der Waals surface area contributed by atoms with Crippen LogP contribution >= 0.6 is 15.9 Å². The summed E-state index contributed by atoms with van der Waals surface area (Å²) in [7, 11) is 0. The van der Waals surface area contributed by atoms with Crippen molar-refractivity contribution < 1.29 is 13.6 Å². The van der Waals surface area contributed by atoms with Crippen LogP contribution in [-0.4, -0.2) is 10.9 Å². The topological polar surface area (TPSA) is 68.0 Å². The minimum Gasteiger partial charge on any atom is -0.381 e. The van der Waals surface area contributed by atoms with Crippen LogP contribution in [0.1, 0.15) is 10.4 Å². The van der Waals surface area contributed by atoms with Gasteiger partial charge in [0, 0.05) is 10.7 Å². The molecule has 0 fully saturated rings. The summed E-state index contributed by atoms with van der Waals surface area (Å²) < 4.78 is 27.6. The van der Waals surface area contributed by atoms with Crippen molar-refractivity contribution in [3.63, 3.8) is 0 Å². The molecule has 0 atom stereocenters. The summed E-state index contributed by atoms with van der Waals surface area (Å²) in [6.07, 6.45) is 1.20. The third-order valence-corrected chi connectivity index (χ3v) is 2.83. The molecule has 1 aromatic heterocycles. The predicted molar refractivity (Wildman–Crippen MR) is 70.7 cm³/mol. The minimum atomic E-state index is -0.933. The normalized spacial score (nSPS) is 10.3. The summed E-state index contributed by atoms with van der Waals surface area (Å²) in [5.74, 6) is -2.75. The van der Waals surface area contributed by atoms with E-state index in [1.807, 2.05) is 0 Å². The van der Waals surface area contributed by atoms with E-state index in [1.54, 1.807) is 6.07 Å². The Morgan fingerprint density at radius 3 is 2.74 bits per heavy atom. The zero-order chi connectivity index (χ0) is 14.0. The summed E-state index contributed by atoms with van der Waals surface area (Å²) in [6, 6.07) is 5.26. The number of pyridine rings is 1. The number of hydrogen-bond acceptors (Lipinski definition) is 3. The number of nitrogens with zero attached hydrogens (tertiary/aromatic N) is 1. The first-order valence-corrected chi connectivity index (χ1v) is 5.94. The standard InChI is InChI=1S/C12H8BrF2N3O/c13-6-1-2-9(8(14)5-6)18-12(19)7-3-4-17-11(16)10(7)15/h1-5H,(H2,16,17)(H,18,19). The van der Waals surface area contributed by atoms with E-state index in [0.29, 0.717) is 4.47 Å². The van der Waals surface area contributed by atoms with Crippen molar-refractivity contribution in [2.24, 2.45) is 0 Å². The third kappa shape index (κ3) is 2.87. The Labute approximate surface area is 115 Å². The summed E-state index contributed by atoms with van der Waals surface area (Å²) in [4.78, 5) is 15.3. The molecule has 2 aromatic rings. The fraction of sp³-hybridized carbons (Fsp3) is 0. The highest BCUT2D eigenvalue weighted by atomic mass is 79.9. The van der Waals surface area contributed by atoms with Crippen molar-refractivity contribution in [1.29, 1.82) is 0 Å². The number of nitrogens with two attached hydrogens (primary N) is 1. The van der Waals surface area contributed by atoms with Crippen molar-refractivity contribution >= 4 is 33.3 Å². The molecule has 0 saturated heterocycles. The van der Waals surface area contributed by atoms with Gasteiger partial charge in [-0.25, -0.2) is 13.8 Å². The first-order chi connectivity index (χ1) is 8.99. The van der Waals surface area contributed by atoms with Gasteiger partial charge in [-0.05, 0) is 24.3 Å². The Morgan fingerprint density at radius 1 is 1.32 bits per heavy atom. The molecule has 0 unspecified atom stereocenters. The number of halogens is 3. The van der Waals surface area contributed by atoms with Gasteiger partial charge < -0.3 is 11.1 Å². The van der Waals surface area contributed by atoms with Gasteiger partial charge in [0.2, 0.25) is 0 Å². The average molecular weight is 328 g/mol. The molecule has 0 aliphatic rings. The van der Waals surface area contributed by atoms with E-state index >= 15 is 0 Å². The first kappa shape index (κ1) is 13.4. The number of benzene rings is 1. The molecule has 0 aliphatic carbocycles. The lowest BCUT2D eigenvalue weighted by Gasteiger charge is -2.08. The zero-order valence-corrected chi connectivity index (χ0v) is 11.0. The molecule has 0 aliphatic heterocycles. The van der Waals surface area contributed by atoms with E-state index in [9.17, 15) is 13.6 Å². The van der Waals surface area contributed by atoms with Crippen molar-refractivity contribution in [2.45, 2.75) is 0 Å². The quantitative estimate of drug-likeness (QED) is 0.891. The maximum Gasteiger partial charge on any atom is 0.258 e. The van der Waals surface area contributed by atoms with Gasteiger partial charge in [-0.1, -0.05) is 15.9 Å². The van der Waals surface area contributed by atoms with E-state index in [1.165, 1.54) is 18.3 Å². The number of nitrogen functional groups attached to an aromatic ring is 1. The largest absolute Gasteiger partial charge is 0.381 e. The molecule has 98 valence electrons. The molecule has 1 aromatic carbocycles. The SMILES string of the molecule is Nc1nccc(C(=O)Nc2ccc(Br)cc2F)c1F. The Kier molecular flexibility index (Phi) is 3.75. The van der Waals surface area contributed by atoms with E-state index in [0.717, 1.165) is 6.07 Å². The van der Waals surface area contributed by atoms with Gasteiger partial charge >= 0.3 is 0 Å². The average Bonchev–Trinajstić information content (AvgIpc) is 2.36. The molecule has 0 bridgehead atoms. The van der Waals surface area contributed by atoms with E-state index in [2.05, 4.69) is 26.2 Å². The summed E-state index contributed by atoms with van der Waals surface area (Å²) in [5.41, 5.74) is 4.91. The van der Waals surface area contributed by atoms with Crippen molar-refractivity contribution in [3.05, 3.63) is 52.1 Å². The Hall–Kier alpha value is -2.02. The van der Waals surface area contributed by atoms with Crippen molar-refractivity contribution in [1.82, 2.24) is 4.98 Å². The van der Waals surface area contributed by atoms with Crippen LogP contribution in [0.2, 0.25) is 0 Å². The van der Waals surface area contributed by atoms with Crippen molar-refractivity contribution in [2.75, 3.05) is 11.1 Å². The van der Waals surface area contributed by atoms with Crippen LogP contribution < -0.4 is 11.1 Å². The number of rotatable bonds is 2. The molecule has 1 amide bonds. The number of carbonyl (C=O) groups excluding carboxylic acids is 1. The predicted octanol–water partition coefficient (Wildman–Crippen LogP) is 2.96. The molecule has 0 saturated carbocycles. The Morgan fingerprint density at radius 2 is 2.05 bits per heavy atom. The monoisotopic (exact) mass is 327 g/mol. The highest BCUT2D eigenvalue weighted by Gasteiger charge is 2.16. The van der Waals surface area contributed by atoms with Crippen LogP contribution in [0.3, 0.4) is 0 Å². The first-order valence-electron chi connectivity index (χ1n) is 5.15. The van der Waals surface area contributed by atoms with Crippen LogP contribution in [0, 0.1) is 11.6 Å². The van der Waals surface area contributed by atoms with Gasteiger partial charge in [0.25, 0.3) is 5.91 Å². The lowest BCUT2D eigenvalue weighted by atomic mass is 10.2. The van der Waals surface area contributed by atoms with E-state index in [-0.39, 0.29) is 17.1 Å². The number of carbonyl (C=O) groups is 1. The van der Waals surface area contributed by atoms with Crippen LogP contribution in [0.4, 0.5) is 20.3 Å². The molecule has 2 rings (SSSR count). The van der Waals surface area contributed by atoms with Crippen LogP contribution in [0.15, 0.2) is 34.9 Å². The molecule has 0 radical (unpaired) electrons. The van der Waals surface area contributed by atoms with Gasteiger partial charge in [0.05, 0.1) is 11.3 Å². The van der Waals surface area contributed by atoms with Gasteiger partial charge in [-0.3, -0.25) is 4.79 Å². The second kappa shape index (κ2) is 5.31. The summed E-state index contributed by atoms with van der Waals surface area (Å²) in [5, 5.41) is 2.26. The van der Waals surface area contributed by atoms with Crippen LogP contribution in [0.5, 0.6) is 0 Å². The van der Waals surface area contributed by atoms with Crippen LogP contribution in [0.25, 0.3) is 0 Å². The molecule has 0 spiro atoms. The molecule has 4 nitrogen and oxygen atoms in total. The molecular formula is C12H8BrF2N3O. The van der Waals surface area contributed by atoms with Gasteiger partial charge in [0.1, 0.15) is 5.82 Å². The van der Waals surface area contributed by atoms with Gasteiger partial charge in [-0.15, -0.1) is 0 Å². The number of amides is 1. The summed E-state index contributed by atoms with van der Waals surface area (Å²) in [6.45, 7) is 0. The molecule has 19 heavy (non-hydrogen) atoms. The van der Waals surface area contributed by atoms with Crippen LogP contribution in [-0.2, 0) is 0 Å². The Balaban J connectivity index is 2.28. The second-order valence-electron chi connectivity index (χ2n) is 3.64. The number of hydrogen-bond donors (Lipinski definition) is 2. The molecule has 1 heterocycles. The van der Waals surface area contributed by atoms with Gasteiger partial charge in [-0.2, -0.15) is 0 Å². The lowest BCUT2D eigenvalue weighted by molar-refractivity contribution is 0.102. The minimum absolute atomic E-state index is 0.0528. The van der Waals surface area contributed by atoms with E-state index < -0.39 is 17.5 Å². The molecule has 7 heteroatoms. The maximum absolute atomic E-state index is 13.6. The third-order valence-electron chi connectivity index (χ3n) is 2.34. The van der Waals surface area contributed by atoms with Crippen molar-refractivity contribution in [3.8, 4) is 0 Å². The van der Waals surface area contributed by atoms with E-state index in [4.69, 9.17) is 5.73 Å². The smallest absolute Gasteiger partial charge is 0.258 e. The summed E-state index contributed by atoms with van der Waals surface area (Å²) >= 11 is 3.09. The number of anilines is 2. The Bertz CT molecular complexity index is 649.